The molecular weight excluding hydrogens is 218 g/mol. The minimum Gasteiger partial charge on any atom is -0.460 e. The van der Waals surface area contributed by atoms with Crippen molar-refractivity contribution in [3.63, 3.8) is 0 Å². The van der Waals surface area contributed by atoms with Gasteiger partial charge in [-0.25, -0.2) is 4.79 Å². The SMILES string of the molecule is CCOC(=O)c1ccc(CN2CCCCC2)o1. The molecule has 0 unspecified atom stereocenters. The quantitative estimate of drug-likeness (QED) is 0.754. The van der Waals surface area contributed by atoms with E-state index < -0.39 is 0 Å². The maximum atomic E-state index is 11.4. The van der Waals surface area contributed by atoms with Gasteiger partial charge < -0.3 is 9.15 Å². The van der Waals surface area contributed by atoms with E-state index in [0.29, 0.717) is 12.4 Å². The molecule has 0 saturated carbocycles. The molecule has 0 amide bonds. The summed E-state index contributed by atoms with van der Waals surface area (Å²) in [5, 5.41) is 0. The highest BCUT2D eigenvalue weighted by molar-refractivity contribution is 5.86. The first-order valence-corrected chi connectivity index (χ1v) is 6.28. The fourth-order valence-corrected chi connectivity index (χ4v) is 2.11. The van der Waals surface area contributed by atoms with E-state index in [2.05, 4.69) is 4.90 Å². The molecule has 0 radical (unpaired) electrons. The second-order valence-electron chi connectivity index (χ2n) is 4.32. The van der Waals surface area contributed by atoms with Gasteiger partial charge in [0, 0.05) is 0 Å². The second kappa shape index (κ2) is 5.87. The summed E-state index contributed by atoms with van der Waals surface area (Å²) in [4.78, 5) is 13.8. The van der Waals surface area contributed by atoms with Gasteiger partial charge >= 0.3 is 5.97 Å². The van der Waals surface area contributed by atoms with Crippen molar-refractivity contribution >= 4 is 5.97 Å². The Morgan fingerprint density at radius 1 is 1.35 bits per heavy atom. The monoisotopic (exact) mass is 237 g/mol. The minimum atomic E-state index is -0.377. The number of rotatable bonds is 4. The Hall–Kier alpha value is -1.29. The topological polar surface area (TPSA) is 42.7 Å². The molecule has 2 rings (SSSR count). The Morgan fingerprint density at radius 3 is 2.82 bits per heavy atom. The van der Waals surface area contributed by atoms with E-state index in [4.69, 9.17) is 9.15 Å². The molecule has 0 atom stereocenters. The van der Waals surface area contributed by atoms with Gasteiger partial charge in [0.1, 0.15) is 5.76 Å². The lowest BCUT2D eigenvalue weighted by Crippen LogP contribution is -2.28. The fraction of sp³-hybridized carbons (Fsp3) is 0.615. The Labute approximate surface area is 102 Å². The number of esters is 1. The van der Waals surface area contributed by atoms with Crippen LogP contribution in [0.25, 0.3) is 0 Å². The molecule has 0 spiro atoms. The molecule has 1 saturated heterocycles. The second-order valence-corrected chi connectivity index (χ2v) is 4.32. The summed E-state index contributed by atoms with van der Waals surface area (Å²) in [6, 6.07) is 3.55. The maximum Gasteiger partial charge on any atom is 0.374 e. The van der Waals surface area contributed by atoms with Crippen LogP contribution >= 0.6 is 0 Å². The van der Waals surface area contributed by atoms with Crippen LogP contribution in [0.1, 0.15) is 42.5 Å². The predicted octanol–water partition coefficient (Wildman–Crippen LogP) is 2.44. The smallest absolute Gasteiger partial charge is 0.374 e. The summed E-state index contributed by atoms with van der Waals surface area (Å²) in [5.74, 6) is 0.770. The molecule has 2 heterocycles. The molecule has 94 valence electrons. The number of likely N-dealkylation sites (tertiary alicyclic amines) is 1. The molecule has 0 bridgehead atoms. The van der Waals surface area contributed by atoms with Crippen LogP contribution in [0, 0.1) is 0 Å². The average Bonchev–Trinajstić information content (AvgIpc) is 2.79. The van der Waals surface area contributed by atoms with Crippen LogP contribution in [0.2, 0.25) is 0 Å². The summed E-state index contributed by atoms with van der Waals surface area (Å²) in [6.45, 7) is 5.20. The lowest BCUT2D eigenvalue weighted by molar-refractivity contribution is 0.0486. The van der Waals surface area contributed by atoms with E-state index >= 15 is 0 Å². The van der Waals surface area contributed by atoms with Crippen molar-refractivity contribution in [3.8, 4) is 0 Å². The molecule has 4 heteroatoms. The zero-order chi connectivity index (χ0) is 12.1. The van der Waals surface area contributed by atoms with Crippen LogP contribution in [0.15, 0.2) is 16.5 Å². The van der Waals surface area contributed by atoms with Crippen LogP contribution in [-0.4, -0.2) is 30.6 Å². The molecule has 17 heavy (non-hydrogen) atoms. The van der Waals surface area contributed by atoms with Crippen molar-refractivity contribution in [1.82, 2.24) is 4.90 Å². The molecule has 4 nitrogen and oxygen atoms in total. The number of furan rings is 1. The molecule has 0 aliphatic carbocycles. The molecule has 1 aliphatic rings. The zero-order valence-corrected chi connectivity index (χ0v) is 10.3. The van der Waals surface area contributed by atoms with Gasteiger partial charge in [0.05, 0.1) is 13.2 Å². The average molecular weight is 237 g/mol. The Bertz CT molecular complexity index is 366. The Balaban J connectivity index is 1.91. The summed E-state index contributed by atoms with van der Waals surface area (Å²) in [6.07, 6.45) is 3.83. The maximum absolute atomic E-state index is 11.4. The number of ether oxygens (including phenoxy) is 1. The first-order chi connectivity index (χ1) is 8.29. The number of piperidine rings is 1. The molecule has 1 aromatic heterocycles. The van der Waals surface area contributed by atoms with Crippen molar-refractivity contribution < 1.29 is 13.9 Å². The van der Waals surface area contributed by atoms with E-state index in [9.17, 15) is 4.79 Å². The minimum absolute atomic E-state index is 0.304. The molecule has 0 N–H and O–H groups in total. The summed E-state index contributed by atoms with van der Waals surface area (Å²) in [7, 11) is 0. The number of carbonyl (C=O) groups is 1. The van der Waals surface area contributed by atoms with Crippen LogP contribution in [-0.2, 0) is 11.3 Å². The molecule has 0 aromatic carbocycles. The third-order valence-corrected chi connectivity index (χ3v) is 2.97. The third kappa shape index (κ3) is 3.33. The first kappa shape index (κ1) is 12.2. The van der Waals surface area contributed by atoms with Crippen LogP contribution < -0.4 is 0 Å². The number of hydrogen-bond donors (Lipinski definition) is 0. The number of nitrogens with zero attached hydrogens (tertiary/aromatic N) is 1. The summed E-state index contributed by atoms with van der Waals surface area (Å²) >= 11 is 0. The van der Waals surface area contributed by atoms with Gasteiger partial charge in [0.15, 0.2) is 0 Å². The van der Waals surface area contributed by atoms with Crippen molar-refractivity contribution in [2.45, 2.75) is 32.7 Å². The molecule has 1 fully saturated rings. The largest absolute Gasteiger partial charge is 0.460 e. The zero-order valence-electron chi connectivity index (χ0n) is 10.3. The van der Waals surface area contributed by atoms with Gasteiger partial charge in [0.25, 0.3) is 0 Å². The van der Waals surface area contributed by atoms with E-state index in [1.807, 2.05) is 6.07 Å². The van der Waals surface area contributed by atoms with Gasteiger partial charge in [-0.15, -0.1) is 0 Å². The Kier molecular flexibility index (Phi) is 4.20. The fourth-order valence-electron chi connectivity index (χ4n) is 2.11. The van der Waals surface area contributed by atoms with Gasteiger partial charge in [-0.3, -0.25) is 4.90 Å². The molecule has 1 aliphatic heterocycles. The van der Waals surface area contributed by atoms with Crippen LogP contribution in [0.3, 0.4) is 0 Å². The van der Waals surface area contributed by atoms with Gasteiger partial charge in [0.2, 0.25) is 5.76 Å². The van der Waals surface area contributed by atoms with Crippen LogP contribution in [0.4, 0.5) is 0 Å². The highest BCUT2D eigenvalue weighted by atomic mass is 16.5. The van der Waals surface area contributed by atoms with E-state index in [1.165, 1.54) is 19.3 Å². The van der Waals surface area contributed by atoms with Crippen molar-refractivity contribution in [2.75, 3.05) is 19.7 Å². The number of hydrogen-bond acceptors (Lipinski definition) is 4. The third-order valence-electron chi connectivity index (χ3n) is 2.97. The Morgan fingerprint density at radius 2 is 2.12 bits per heavy atom. The van der Waals surface area contributed by atoms with Gasteiger partial charge in [-0.1, -0.05) is 6.42 Å². The lowest BCUT2D eigenvalue weighted by Gasteiger charge is -2.25. The van der Waals surface area contributed by atoms with E-state index in [1.54, 1.807) is 13.0 Å². The van der Waals surface area contributed by atoms with Gasteiger partial charge in [-0.05, 0) is 45.0 Å². The molecule has 1 aromatic rings. The summed E-state index contributed by atoms with van der Waals surface area (Å²) < 4.78 is 10.4. The van der Waals surface area contributed by atoms with Crippen molar-refractivity contribution in [3.05, 3.63) is 23.7 Å². The van der Waals surface area contributed by atoms with Crippen molar-refractivity contribution in [2.24, 2.45) is 0 Å². The molecular formula is C13H19NO3. The normalized spacial score (nSPS) is 17.0. The highest BCUT2D eigenvalue weighted by Gasteiger charge is 2.15. The van der Waals surface area contributed by atoms with E-state index in [0.717, 1.165) is 25.4 Å². The van der Waals surface area contributed by atoms with E-state index in [-0.39, 0.29) is 5.97 Å². The van der Waals surface area contributed by atoms with Crippen LogP contribution in [0.5, 0.6) is 0 Å². The lowest BCUT2D eigenvalue weighted by atomic mass is 10.1. The number of carbonyl (C=O) groups excluding carboxylic acids is 1. The van der Waals surface area contributed by atoms with Gasteiger partial charge in [-0.2, -0.15) is 0 Å². The first-order valence-electron chi connectivity index (χ1n) is 6.28. The predicted molar refractivity (Wildman–Crippen MR) is 63.8 cm³/mol. The standard InChI is InChI=1S/C13H19NO3/c1-2-16-13(15)12-7-6-11(17-12)10-14-8-4-3-5-9-14/h6-7H,2-5,8-10H2,1H3. The summed E-state index contributed by atoms with van der Waals surface area (Å²) in [5.41, 5.74) is 0. The highest BCUT2D eigenvalue weighted by Crippen LogP contribution is 2.15. The van der Waals surface area contributed by atoms with Crippen molar-refractivity contribution in [1.29, 1.82) is 0 Å².